The molecule has 11 nitrogen and oxygen atoms in total. The number of nitrogens with one attached hydrogen (secondary N) is 3. The van der Waals surface area contributed by atoms with Crippen LogP contribution in [0.25, 0.3) is 0 Å². The van der Waals surface area contributed by atoms with Crippen LogP contribution in [0.4, 0.5) is 0 Å². The number of H-pyrrole nitrogens is 1. The van der Waals surface area contributed by atoms with Gasteiger partial charge in [0.25, 0.3) is 11.8 Å². The summed E-state index contributed by atoms with van der Waals surface area (Å²) in [6.07, 6.45) is 0.420. The van der Waals surface area contributed by atoms with Crippen LogP contribution in [0.3, 0.4) is 0 Å². The van der Waals surface area contributed by atoms with Crippen molar-refractivity contribution in [3.05, 3.63) is 52.1 Å². The Morgan fingerprint density at radius 1 is 1.12 bits per heavy atom. The fourth-order valence-corrected chi connectivity index (χ4v) is 3.23. The van der Waals surface area contributed by atoms with E-state index in [0.717, 1.165) is 5.01 Å². The third kappa shape index (κ3) is 6.22. The fraction of sp³-hybridized carbons (Fsp3) is 0.455. The number of nitrogens with zero attached hydrogens (tertiary/aromatic N) is 2. The molecule has 3 amide bonds. The van der Waals surface area contributed by atoms with Gasteiger partial charge in [0.15, 0.2) is 6.04 Å². The molecular formula is C22H31N5O6. The molecule has 33 heavy (non-hydrogen) atoms. The number of carbonyl (C=O) groups is 3. The van der Waals surface area contributed by atoms with Crippen LogP contribution in [0.2, 0.25) is 0 Å². The Morgan fingerprint density at radius 2 is 1.76 bits per heavy atom. The maximum absolute atomic E-state index is 13.2. The molecule has 11 heteroatoms. The number of aromatic hydroxyl groups is 1. The molecule has 0 radical (unpaired) electrons. The number of hydroxylamine groups is 1. The van der Waals surface area contributed by atoms with E-state index in [1.807, 2.05) is 13.8 Å². The monoisotopic (exact) mass is 461 g/mol. The van der Waals surface area contributed by atoms with E-state index in [0.29, 0.717) is 16.7 Å². The number of benzene rings is 1. The van der Waals surface area contributed by atoms with Crippen molar-refractivity contribution < 1.29 is 24.7 Å². The van der Waals surface area contributed by atoms with Gasteiger partial charge in [-0.1, -0.05) is 45.9 Å². The van der Waals surface area contributed by atoms with Crippen molar-refractivity contribution in [2.24, 2.45) is 5.92 Å². The third-order valence-electron chi connectivity index (χ3n) is 5.06. The minimum Gasteiger partial charge on any atom is -0.492 e. The van der Waals surface area contributed by atoms with Crippen molar-refractivity contribution in [1.82, 2.24) is 20.5 Å². The van der Waals surface area contributed by atoms with E-state index in [1.165, 1.54) is 5.48 Å². The number of hydrogen-bond acceptors (Lipinski definition) is 6. The summed E-state index contributed by atoms with van der Waals surface area (Å²) in [5.41, 5.74) is 1.14. The first-order valence-corrected chi connectivity index (χ1v) is 10.7. The number of imidazole rings is 1. The van der Waals surface area contributed by atoms with Gasteiger partial charge in [-0.2, -0.15) is 4.68 Å². The Labute approximate surface area is 191 Å². The van der Waals surface area contributed by atoms with Crippen molar-refractivity contribution in [1.29, 1.82) is 0 Å². The molecule has 0 spiro atoms. The van der Waals surface area contributed by atoms with Gasteiger partial charge < -0.3 is 15.4 Å². The SMILES string of the molecule is CC(C)CCC(=O)N([C@H](CNC(=O)c1ccccc1)C(=O)NO)n1c(O)c(C(C)C)[nH]c1=O. The number of hydrogen-bond donors (Lipinski definition) is 5. The van der Waals surface area contributed by atoms with Crippen molar-refractivity contribution >= 4 is 17.7 Å². The Bertz CT molecular complexity index is 1030. The quantitative estimate of drug-likeness (QED) is 0.264. The highest BCUT2D eigenvalue weighted by molar-refractivity contribution is 5.97. The highest BCUT2D eigenvalue weighted by atomic mass is 16.5. The molecule has 0 bridgehead atoms. The number of rotatable bonds is 10. The van der Waals surface area contributed by atoms with Gasteiger partial charge in [-0.15, -0.1) is 0 Å². The summed E-state index contributed by atoms with van der Waals surface area (Å²) in [6, 6.07) is 6.68. The zero-order valence-corrected chi connectivity index (χ0v) is 19.2. The van der Waals surface area contributed by atoms with Crippen molar-refractivity contribution in [3.63, 3.8) is 0 Å². The van der Waals surface area contributed by atoms with E-state index in [1.54, 1.807) is 44.2 Å². The molecule has 0 aliphatic carbocycles. The Balaban J connectivity index is 2.48. The average Bonchev–Trinajstić information content (AvgIpc) is 3.08. The van der Waals surface area contributed by atoms with Crippen LogP contribution in [-0.4, -0.2) is 50.3 Å². The third-order valence-corrected chi connectivity index (χ3v) is 5.06. The second-order valence-electron chi connectivity index (χ2n) is 8.37. The first-order valence-electron chi connectivity index (χ1n) is 10.7. The smallest absolute Gasteiger partial charge is 0.348 e. The molecule has 0 aliphatic heterocycles. The molecule has 1 aromatic heterocycles. The second kappa shape index (κ2) is 11.3. The zero-order valence-electron chi connectivity index (χ0n) is 19.2. The van der Waals surface area contributed by atoms with E-state index in [4.69, 9.17) is 0 Å². The standard InChI is InChI=1S/C22H31N5O6/c1-13(2)10-11-17(28)26(27-21(31)18(14(3)4)24-22(27)32)16(20(30)25-33)12-23-19(29)15-8-6-5-7-9-15/h5-9,13-14,16,31,33H,10-12H2,1-4H3,(H,23,29)(H,24,32)(H,25,30)/t16-/m1/s1. The molecule has 180 valence electrons. The van der Waals surface area contributed by atoms with Crippen LogP contribution in [0.15, 0.2) is 35.1 Å². The summed E-state index contributed by atoms with van der Waals surface area (Å²) in [5.74, 6) is -2.86. The van der Waals surface area contributed by atoms with Gasteiger partial charge in [0, 0.05) is 18.5 Å². The van der Waals surface area contributed by atoms with E-state index < -0.39 is 41.9 Å². The summed E-state index contributed by atoms with van der Waals surface area (Å²) in [4.78, 5) is 53.4. The van der Waals surface area contributed by atoms with E-state index >= 15 is 0 Å². The minimum atomic E-state index is -1.53. The molecule has 0 unspecified atom stereocenters. The van der Waals surface area contributed by atoms with Gasteiger partial charge in [0.2, 0.25) is 11.8 Å². The molecule has 5 N–H and O–H groups in total. The molecule has 1 heterocycles. The topological polar surface area (TPSA) is 157 Å². The maximum Gasteiger partial charge on any atom is 0.348 e. The predicted octanol–water partition coefficient (Wildman–Crippen LogP) is 1.21. The first kappa shape index (κ1) is 25.7. The second-order valence-corrected chi connectivity index (χ2v) is 8.37. The predicted molar refractivity (Wildman–Crippen MR) is 121 cm³/mol. The summed E-state index contributed by atoms with van der Waals surface area (Å²) in [5, 5.41) is 23.3. The average molecular weight is 462 g/mol. The van der Waals surface area contributed by atoms with Crippen molar-refractivity contribution in [3.8, 4) is 5.88 Å². The van der Waals surface area contributed by atoms with Gasteiger partial charge in [0.1, 0.15) is 0 Å². The number of aromatic amines is 1. The zero-order chi connectivity index (χ0) is 24.7. The molecule has 0 aliphatic rings. The largest absolute Gasteiger partial charge is 0.492 e. The molecule has 2 rings (SSSR count). The van der Waals surface area contributed by atoms with E-state index in [9.17, 15) is 29.5 Å². The van der Waals surface area contributed by atoms with E-state index in [-0.39, 0.29) is 24.0 Å². The van der Waals surface area contributed by atoms with Crippen LogP contribution in [0, 0.1) is 5.92 Å². The number of amides is 3. The maximum atomic E-state index is 13.2. The van der Waals surface area contributed by atoms with Crippen LogP contribution >= 0.6 is 0 Å². The lowest BCUT2D eigenvalue weighted by molar-refractivity contribution is -0.133. The molecule has 1 atom stereocenters. The normalized spacial score (nSPS) is 12.0. The molecule has 0 saturated heterocycles. The van der Waals surface area contributed by atoms with Gasteiger partial charge in [-0.05, 0) is 30.4 Å². The van der Waals surface area contributed by atoms with Gasteiger partial charge >= 0.3 is 5.69 Å². The summed E-state index contributed by atoms with van der Waals surface area (Å²) in [7, 11) is 0. The molecule has 2 aromatic rings. The van der Waals surface area contributed by atoms with Crippen LogP contribution in [0.5, 0.6) is 5.88 Å². The lowest BCUT2D eigenvalue weighted by atomic mass is 10.1. The minimum absolute atomic E-state index is 0.0341. The number of carbonyl (C=O) groups excluding carboxylic acids is 3. The lowest BCUT2D eigenvalue weighted by Gasteiger charge is -2.30. The van der Waals surface area contributed by atoms with E-state index in [2.05, 4.69) is 10.3 Å². The molecular weight excluding hydrogens is 430 g/mol. The lowest BCUT2D eigenvalue weighted by Crippen LogP contribution is -2.60. The Morgan fingerprint density at radius 3 is 2.27 bits per heavy atom. The van der Waals surface area contributed by atoms with Gasteiger partial charge in [0.05, 0.1) is 5.69 Å². The fourth-order valence-electron chi connectivity index (χ4n) is 3.23. The Kier molecular flexibility index (Phi) is 8.80. The van der Waals surface area contributed by atoms with Crippen LogP contribution in [-0.2, 0) is 9.59 Å². The van der Waals surface area contributed by atoms with Gasteiger partial charge in [-0.3, -0.25) is 19.6 Å². The van der Waals surface area contributed by atoms with Crippen molar-refractivity contribution in [2.45, 2.75) is 52.5 Å². The molecule has 1 aromatic carbocycles. The molecule has 0 saturated carbocycles. The summed E-state index contributed by atoms with van der Waals surface area (Å²) < 4.78 is 0.673. The first-order chi connectivity index (χ1) is 15.6. The van der Waals surface area contributed by atoms with Gasteiger partial charge in [-0.25, -0.2) is 15.3 Å². The van der Waals surface area contributed by atoms with Crippen LogP contribution < -0.4 is 21.5 Å². The highest BCUT2D eigenvalue weighted by Gasteiger charge is 2.35. The summed E-state index contributed by atoms with van der Waals surface area (Å²) in [6.45, 7) is 6.86. The Hall–Kier alpha value is -3.60. The summed E-state index contributed by atoms with van der Waals surface area (Å²) >= 11 is 0. The molecule has 0 fully saturated rings. The highest BCUT2D eigenvalue weighted by Crippen LogP contribution is 2.23. The van der Waals surface area contributed by atoms with Crippen LogP contribution in [0.1, 0.15) is 62.5 Å². The number of aromatic nitrogens is 2. The van der Waals surface area contributed by atoms with Crippen molar-refractivity contribution in [2.75, 3.05) is 11.6 Å².